The van der Waals surface area contributed by atoms with Gasteiger partial charge in [-0.15, -0.1) is 0 Å². The summed E-state index contributed by atoms with van der Waals surface area (Å²) < 4.78 is 1.05. The lowest BCUT2D eigenvalue weighted by molar-refractivity contribution is -0.126. The zero-order valence-corrected chi connectivity index (χ0v) is 19.1. The summed E-state index contributed by atoms with van der Waals surface area (Å²) in [5.41, 5.74) is 4.07. The van der Waals surface area contributed by atoms with Crippen molar-refractivity contribution in [3.8, 4) is 0 Å². The van der Waals surface area contributed by atoms with Crippen LogP contribution >= 0.6 is 15.9 Å². The third-order valence-corrected chi connectivity index (χ3v) is 6.07. The molecular formula is C27H26BrNO. The summed E-state index contributed by atoms with van der Waals surface area (Å²) in [5.74, 6) is 0.220. The molecule has 0 aliphatic carbocycles. The van der Waals surface area contributed by atoms with Crippen LogP contribution in [0.5, 0.6) is 0 Å². The number of halogens is 1. The molecule has 0 radical (unpaired) electrons. The molecule has 1 aliphatic rings. The van der Waals surface area contributed by atoms with Crippen LogP contribution in [-0.2, 0) is 4.79 Å². The molecule has 1 heterocycles. The predicted octanol–water partition coefficient (Wildman–Crippen LogP) is 7.06. The van der Waals surface area contributed by atoms with E-state index in [-0.39, 0.29) is 17.9 Å². The van der Waals surface area contributed by atoms with Gasteiger partial charge in [-0.05, 0) is 34.9 Å². The van der Waals surface area contributed by atoms with Crippen LogP contribution in [0.25, 0.3) is 6.08 Å². The topological polar surface area (TPSA) is 20.3 Å². The lowest BCUT2D eigenvalue weighted by atomic mass is 9.87. The minimum Gasteiger partial charge on any atom is -0.304 e. The second-order valence-electron chi connectivity index (χ2n) is 8.77. The molecule has 0 saturated heterocycles. The van der Waals surface area contributed by atoms with Crippen molar-refractivity contribution in [1.29, 1.82) is 0 Å². The molecule has 0 unspecified atom stereocenters. The van der Waals surface area contributed by atoms with Crippen LogP contribution in [0.3, 0.4) is 0 Å². The lowest BCUT2D eigenvalue weighted by Gasteiger charge is -2.32. The number of carbonyl (C=O) groups excluding carboxylic acids is 1. The third kappa shape index (κ3) is 3.99. The first-order chi connectivity index (χ1) is 14.4. The van der Waals surface area contributed by atoms with E-state index in [1.54, 1.807) is 0 Å². The molecule has 3 aromatic rings. The summed E-state index contributed by atoms with van der Waals surface area (Å²) in [5, 5.41) is 0. The number of hydrogen-bond donors (Lipinski definition) is 0. The van der Waals surface area contributed by atoms with Crippen LogP contribution in [0.1, 0.15) is 43.4 Å². The fourth-order valence-corrected chi connectivity index (χ4v) is 4.35. The normalized spacial score (nSPS) is 18.6. The zero-order chi connectivity index (χ0) is 21.3. The third-order valence-electron chi connectivity index (χ3n) is 5.55. The average Bonchev–Trinajstić information content (AvgIpc) is 3.06. The first-order valence-corrected chi connectivity index (χ1v) is 11.1. The molecule has 0 saturated carbocycles. The van der Waals surface area contributed by atoms with Crippen molar-refractivity contribution in [1.82, 2.24) is 0 Å². The van der Waals surface area contributed by atoms with Gasteiger partial charge in [0.25, 0.3) is 0 Å². The van der Waals surface area contributed by atoms with Crippen molar-refractivity contribution >= 4 is 33.6 Å². The van der Waals surface area contributed by atoms with Crippen molar-refractivity contribution in [2.75, 3.05) is 4.90 Å². The molecule has 0 N–H and O–H groups in total. The standard InChI is InChI=1S/C27H26BrNO/c1-27(2,3)26(30)29-23-12-8-7-11-22(23)25(20-14-16-21(28)17-15-20)24(29)18-13-19-9-5-4-6-10-19/h4-18,24-25H,1-3H3/b18-13+/t24-,25+/m0/s1. The maximum absolute atomic E-state index is 13.6. The van der Waals surface area contributed by atoms with Crippen LogP contribution in [0.4, 0.5) is 5.69 Å². The van der Waals surface area contributed by atoms with Crippen LogP contribution in [0.2, 0.25) is 0 Å². The van der Waals surface area contributed by atoms with E-state index in [0.29, 0.717) is 0 Å². The average molecular weight is 460 g/mol. The SMILES string of the molecule is CC(C)(C)C(=O)N1c2ccccc2[C@@H](c2ccc(Br)cc2)[C@@H]1/C=C/c1ccccc1. The molecule has 0 aromatic heterocycles. The van der Waals surface area contributed by atoms with Gasteiger partial charge in [0.2, 0.25) is 5.91 Å². The number of benzene rings is 3. The smallest absolute Gasteiger partial charge is 0.232 e. The Morgan fingerprint density at radius 2 is 1.53 bits per heavy atom. The Kier molecular flexibility index (Phi) is 5.66. The van der Waals surface area contributed by atoms with Gasteiger partial charge < -0.3 is 4.90 Å². The second-order valence-corrected chi connectivity index (χ2v) is 9.69. The molecular weight excluding hydrogens is 434 g/mol. The van der Waals surface area contributed by atoms with E-state index in [1.165, 1.54) is 11.1 Å². The van der Waals surface area contributed by atoms with Gasteiger partial charge >= 0.3 is 0 Å². The summed E-state index contributed by atoms with van der Waals surface area (Å²) >= 11 is 3.54. The quantitative estimate of drug-likeness (QED) is 0.410. The van der Waals surface area contributed by atoms with E-state index in [0.717, 1.165) is 15.7 Å². The summed E-state index contributed by atoms with van der Waals surface area (Å²) in [7, 11) is 0. The van der Waals surface area contributed by atoms with Gasteiger partial charge in [-0.1, -0.05) is 110 Å². The van der Waals surface area contributed by atoms with E-state index >= 15 is 0 Å². The van der Waals surface area contributed by atoms with Gasteiger partial charge in [0.05, 0.1) is 6.04 Å². The second kappa shape index (κ2) is 8.23. The van der Waals surface area contributed by atoms with Crippen molar-refractivity contribution in [3.05, 3.63) is 106 Å². The Hall–Kier alpha value is -2.65. The molecule has 2 nitrogen and oxygen atoms in total. The van der Waals surface area contributed by atoms with Crippen LogP contribution < -0.4 is 4.90 Å². The highest BCUT2D eigenvalue weighted by Crippen LogP contribution is 2.47. The molecule has 3 heteroatoms. The van der Waals surface area contributed by atoms with Crippen molar-refractivity contribution < 1.29 is 4.79 Å². The summed E-state index contributed by atoms with van der Waals surface area (Å²) in [4.78, 5) is 15.6. The van der Waals surface area contributed by atoms with E-state index in [9.17, 15) is 4.79 Å². The molecule has 4 rings (SSSR count). The number of nitrogens with zero attached hydrogens (tertiary/aromatic N) is 1. The predicted molar refractivity (Wildman–Crippen MR) is 129 cm³/mol. The van der Waals surface area contributed by atoms with Crippen molar-refractivity contribution in [3.63, 3.8) is 0 Å². The van der Waals surface area contributed by atoms with Gasteiger partial charge in [-0.2, -0.15) is 0 Å². The highest BCUT2D eigenvalue weighted by Gasteiger charge is 2.43. The monoisotopic (exact) mass is 459 g/mol. The van der Waals surface area contributed by atoms with Gasteiger partial charge in [-0.3, -0.25) is 4.79 Å². The minimum absolute atomic E-state index is 0.0839. The minimum atomic E-state index is -0.472. The van der Waals surface area contributed by atoms with Crippen molar-refractivity contribution in [2.24, 2.45) is 5.41 Å². The molecule has 30 heavy (non-hydrogen) atoms. The number of fused-ring (bicyclic) bond motifs is 1. The number of amides is 1. The molecule has 1 aliphatic heterocycles. The number of hydrogen-bond acceptors (Lipinski definition) is 1. The van der Waals surface area contributed by atoms with Crippen LogP contribution in [0.15, 0.2) is 89.4 Å². The Labute approximate surface area is 187 Å². The Morgan fingerprint density at radius 1 is 0.900 bits per heavy atom. The number of anilines is 1. The van der Waals surface area contributed by atoms with E-state index in [2.05, 4.69) is 82.7 Å². The number of carbonyl (C=O) groups is 1. The van der Waals surface area contributed by atoms with Gasteiger partial charge in [0, 0.05) is 21.5 Å². The lowest BCUT2D eigenvalue weighted by Crippen LogP contribution is -2.44. The number of para-hydroxylation sites is 1. The highest BCUT2D eigenvalue weighted by molar-refractivity contribution is 9.10. The van der Waals surface area contributed by atoms with Crippen LogP contribution in [0, 0.1) is 5.41 Å². The number of rotatable bonds is 3. The molecule has 0 fully saturated rings. The Balaban J connectivity index is 1.86. The first kappa shape index (κ1) is 20.6. The largest absolute Gasteiger partial charge is 0.304 e. The maximum atomic E-state index is 13.6. The molecule has 2 atom stereocenters. The molecule has 152 valence electrons. The first-order valence-electron chi connectivity index (χ1n) is 10.3. The summed E-state index contributed by atoms with van der Waals surface area (Å²) in [6.07, 6.45) is 4.32. The molecule has 0 spiro atoms. The van der Waals surface area contributed by atoms with E-state index in [1.807, 2.05) is 49.9 Å². The van der Waals surface area contributed by atoms with E-state index in [4.69, 9.17) is 0 Å². The van der Waals surface area contributed by atoms with Gasteiger partial charge in [0.1, 0.15) is 0 Å². The molecule has 3 aromatic carbocycles. The van der Waals surface area contributed by atoms with Gasteiger partial charge in [-0.25, -0.2) is 0 Å². The summed E-state index contributed by atoms with van der Waals surface area (Å²) in [6.45, 7) is 5.97. The zero-order valence-electron chi connectivity index (χ0n) is 17.5. The highest BCUT2D eigenvalue weighted by atomic mass is 79.9. The van der Waals surface area contributed by atoms with Crippen molar-refractivity contribution in [2.45, 2.75) is 32.7 Å². The molecule has 0 bridgehead atoms. The van der Waals surface area contributed by atoms with E-state index < -0.39 is 5.41 Å². The van der Waals surface area contributed by atoms with Crippen LogP contribution in [-0.4, -0.2) is 11.9 Å². The fraction of sp³-hybridized carbons (Fsp3) is 0.222. The summed E-state index contributed by atoms with van der Waals surface area (Å²) in [6, 6.07) is 26.9. The molecule has 1 amide bonds. The fourth-order valence-electron chi connectivity index (χ4n) is 4.09. The Bertz CT molecular complexity index is 1060. The Morgan fingerprint density at radius 3 is 2.20 bits per heavy atom. The van der Waals surface area contributed by atoms with Gasteiger partial charge in [0.15, 0.2) is 0 Å². The maximum Gasteiger partial charge on any atom is 0.232 e.